The lowest BCUT2D eigenvalue weighted by molar-refractivity contribution is -0.138. The number of amides is 1. The van der Waals surface area contributed by atoms with Crippen LogP contribution in [0.1, 0.15) is 34.9 Å². The van der Waals surface area contributed by atoms with Gasteiger partial charge < -0.3 is 14.5 Å². The first-order valence-electron chi connectivity index (χ1n) is 7.53. The lowest BCUT2D eigenvalue weighted by Gasteiger charge is -2.17. The van der Waals surface area contributed by atoms with Gasteiger partial charge in [-0.05, 0) is 31.9 Å². The standard InChI is InChI=1S/C17H18N2O4/c1-10-12(11(2)23-18-10)7-8-16(20)19-9-14(17(21)22)13-5-3-4-6-15(13)19/h3-6,14H,7-9H2,1-2H3,(H,21,22)/t14-/m1/s1. The molecule has 23 heavy (non-hydrogen) atoms. The first kappa shape index (κ1) is 15.3. The van der Waals surface area contributed by atoms with Crippen LogP contribution in [-0.2, 0) is 16.0 Å². The van der Waals surface area contributed by atoms with Crippen molar-refractivity contribution < 1.29 is 19.2 Å². The van der Waals surface area contributed by atoms with Crippen LogP contribution in [0.4, 0.5) is 5.69 Å². The molecule has 6 nitrogen and oxygen atoms in total. The molecule has 2 heterocycles. The van der Waals surface area contributed by atoms with Crippen LogP contribution >= 0.6 is 0 Å². The Morgan fingerprint density at radius 2 is 2.09 bits per heavy atom. The van der Waals surface area contributed by atoms with Crippen LogP contribution < -0.4 is 4.90 Å². The van der Waals surface area contributed by atoms with Crippen molar-refractivity contribution in [3.8, 4) is 0 Å². The molecule has 6 heteroatoms. The lowest BCUT2D eigenvalue weighted by atomic mass is 10.0. The molecule has 1 aliphatic heterocycles. The molecule has 0 bridgehead atoms. The molecule has 1 aromatic carbocycles. The molecule has 1 N–H and O–H groups in total. The van der Waals surface area contributed by atoms with Crippen LogP contribution in [0.25, 0.3) is 0 Å². The van der Waals surface area contributed by atoms with E-state index in [-0.39, 0.29) is 12.5 Å². The maximum absolute atomic E-state index is 12.6. The summed E-state index contributed by atoms with van der Waals surface area (Å²) in [7, 11) is 0. The third-order valence-corrected chi connectivity index (χ3v) is 4.34. The molecule has 3 rings (SSSR count). The fourth-order valence-corrected chi connectivity index (χ4v) is 3.08. The Morgan fingerprint density at radius 3 is 2.74 bits per heavy atom. The first-order chi connectivity index (χ1) is 11.0. The highest BCUT2D eigenvalue weighted by Crippen LogP contribution is 2.36. The molecule has 0 saturated carbocycles. The molecule has 1 aliphatic rings. The predicted molar refractivity (Wildman–Crippen MR) is 83.5 cm³/mol. The van der Waals surface area contributed by atoms with Crippen LogP contribution in [0.15, 0.2) is 28.8 Å². The van der Waals surface area contributed by atoms with Crippen molar-refractivity contribution in [1.82, 2.24) is 5.16 Å². The minimum atomic E-state index is -0.904. The monoisotopic (exact) mass is 314 g/mol. The van der Waals surface area contributed by atoms with Gasteiger partial charge in [-0.2, -0.15) is 0 Å². The number of aromatic nitrogens is 1. The second-order valence-corrected chi connectivity index (χ2v) is 5.76. The van der Waals surface area contributed by atoms with Crippen molar-refractivity contribution >= 4 is 17.6 Å². The number of aliphatic carboxylic acids is 1. The van der Waals surface area contributed by atoms with Gasteiger partial charge in [0.15, 0.2) is 0 Å². The third kappa shape index (κ3) is 2.72. The Balaban J connectivity index is 1.77. The lowest BCUT2D eigenvalue weighted by Crippen LogP contribution is -2.31. The maximum atomic E-state index is 12.6. The molecule has 0 radical (unpaired) electrons. The number of carboxylic acid groups (broad SMARTS) is 1. The Labute approximate surface area is 133 Å². The van der Waals surface area contributed by atoms with Gasteiger partial charge in [0.1, 0.15) is 11.7 Å². The number of para-hydroxylation sites is 1. The van der Waals surface area contributed by atoms with Crippen molar-refractivity contribution in [2.24, 2.45) is 0 Å². The van der Waals surface area contributed by atoms with E-state index in [9.17, 15) is 14.7 Å². The molecule has 0 unspecified atom stereocenters. The summed E-state index contributed by atoms with van der Waals surface area (Å²) < 4.78 is 5.11. The largest absolute Gasteiger partial charge is 0.481 e. The van der Waals surface area contributed by atoms with Gasteiger partial charge in [-0.25, -0.2) is 0 Å². The number of carbonyl (C=O) groups is 2. The zero-order valence-corrected chi connectivity index (χ0v) is 13.1. The Morgan fingerprint density at radius 1 is 1.35 bits per heavy atom. The summed E-state index contributed by atoms with van der Waals surface area (Å²) in [5.41, 5.74) is 3.13. The molecular formula is C17H18N2O4. The number of carbonyl (C=O) groups excluding carboxylic acids is 1. The first-order valence-corrected chi connectivity index (χ1v) is 7.53. The van der Waals surface area contributed by atoms with E-state index < -0.39 is 11.9 Å². The fraction of sp³-hybridized carbons (Fsp3) is 0.353. The van der Waals surface area contributed by atoms with Crippen LogP contribution in [0, 0.1) is 13.8 Å². The average molecular weight is 314 g/mol. The quantitative estimate of drug-likeness (QED) is 0.937. The summed E-state index contributed by atoms with van der Waals surface area (Å²) in [6.07, 6.45) is 0.833. The predicted octanol–water partition coefficient (Wildman–Crippen LogP) is 2.44. The molecule has 0 saturated heterocycles. The number of rotatable bonds is 4. The molecule has 1 atom stereocenters. The summed E-state index contributed by atoms with van der Waals surface area (Å²) in [4.78, 5) is 25.6. The molecule has 1 aromatic heterocycles. The van der Waals surface area contributed by atoms with Crippen molar-refractivity contribution in [1.29, 1.82) is 0 Å². The van der Waals surface area contributed by atoms with Gasteiger partial charge in [-0.15, -0.1) is 0 Å². The average Bonchev–Trinajstić information content (AvgIpc) is 3.06. The number of benzene rings is 1. The van der Waals surface area contributed by atoms with Crippen molar-refractivity contribution in [2.75, 3.05) is 11.4 Å². The fourth-order valence-electron chi connectivity index (χ4n) is 3.08. The highest BCUT2D eigenvalue weighted by Gasteiger charge is 2.36. The molecule has 1 amide bonds. The van der Waals surface area contributed by atoms with E-state index in [0.717, 1.165) is 17.0 Å². The smallest absolute Gasteiger partial charge is 0.312 e. The molecule has 0 aliphatic carbocycles. The molecular weight excluding hydrogens is 296 g/mol. The number of hydrogen-bond donors (Lipinski definition) is 1. The minimum Gasteiger partial charge on any atom is -0.481 e. The van der Waals surface area contributed by atoms with Crippen molar-refractivity contribution in [3.63, 3.8) is 0 Å². The van der Waals surface area contributed by atoms with E-state index in [1.165, 1.54) is 0 Å². The van der Waals surface area contributed by atoms with Gasteiger partial charge in [0.2, 0.25) is 5.91 Å². The van der Waals surface area contributed by atoms with Gasteiger partial charge in [0, 0.05) is 24.2 Å². The summed E-state index contributed by atoms with van der Waals surface area (Å²) in [6.45, 7) is 3.86. The summed E-state index contributed by atoms with van der Waals surface area (Å²) in [5, 5.41) is 13.2. The van der Waals surface area contributed by atoms with E-state index in [0.29, 0.717) is 24.1 Å². The van der Waals surface area contributed by atoms with Crippen LogP contribution in [-0.4, -0.2) is 28.7 Å². The number of aryl methyl sites for hydroxylation is 2. The topological polar surface area (TPSA) is 83.6 Å². The number of carboxylic acids is 1. The highest BCUT2D eigenvalue weighted by atomic mass is 16.5. The number of fused-ring (bicyclic) bond motifs is 1. The van der Waals surface area contributed by atoms with Crippen LogP contribution in [0.2, 0.25) is 0 Å². The van der Waals surface area contributed by atoms with Gasteiger partial charge in [0.25, 0.3) is 0 Å². The number of nitrogens with zero attached hydrogens (tertiary/aromatic N) is 2. The van der Waals surface area contributed by atoms with Gasteiger partial charge in [-0.3, -0.25) is 9.59 Å². The number of hydrogen-bond acceptors (Lipinski definition) is 4. The zero-order valence-electron chi connectivity index (χ0n) is 13.1. The van der Waals surface area contributed by atoms with E-state index in [4.69, 9.17) is 4.52 Å². The van der Waals surface area contributed by atoms with E-state index >= 15 is 0 Å². The molecule has 120 valence electrons. The third-order valence-electron chi connectivity index (χ3n) is 4.34. The Kier molecular flexibility index (Phi) is 3.90. The number of anilines is 1. The van der Waals surface area contributed by atoms with Gasteiger partial charge >= 0.3 is 5.97 Å². The summed E-state index contributed by atoms with van der Waals surface area (Å²) >= 11 is 0. The second kappa shape index (κ2) is 5.87. The van der Waals surface area contributed by atoms with E-state index in [1.807, 2.05) is 19.9 Å². The minimum absolute atomic E-state index is 0.0822. The molecule has 2 aromatic rings. The molecule has 0 spiro atoms. The van der Waals surface area contributed by atoms with Crippen LogP contribution in [0.5, 0.6) is 0 Å². The SMILES string of the molecule is Cc1noc(C)c1CCC(=O)N1C[C@@H](C(=O)O)c2ccccc21. The zero-order chi connectivity index (χ0) is 16.6. The van der Waals surface area contributed by atoms with E-state index in [1.54, 1.807) is 23.1 Å². The highest BCUT2D eigenvalue weighted by molar-refractivity contribution is 5.99. The van der Waals surface area contributed by atoms with E-state index in [2.05, 4.69) is 5.16 Å². The van der Waals surface area contributed by atoms with Gasteiger partial charge in [-0.1, -0.05) is 23.4 Å². The normalized spacial score (nSPS) is 16.4. The summed E-state index contributed by atoms with van der Waals surface area (Å²) in [6, 6.07) is 7.19. The van der Waals surface area contributed by atoms with Crippen LogP contribution in [0.3, 0.4) is 0 Å². The Hall–Kier alpha value is -2.63. The second-order valence-electron chi connectivity index (χ2n) is 5.76. The molecule has 0 fully saturated rings. The van der Waals surface area contributed by atoms with Crippen molar-refractivity contribution in [3.05, 3.63) is 46.8 Å². The summed E-state index contributed by atoms with van der Waals surface area (Å²) in [5.74, 6) is -0.922. The van der Waals surface area contributed by atoms with Crippen molar-refractivity contribution in [2.45, 2.75) is 32.6 Å². The van der Waals surface area contributed by atoms with Gasteiger partial charge in [0.05, 0.1) is 5.69 Å². The Bertz CT molecular complexity index is 746. The maximum Gasteiger partial charge on any atom is 0.312 e.